The first-order chi connectivity index (χ1) is 20.6. The third-order valence-corrected chi connectivity index (χ3v) is 7.45. The van der Waals surface area contributed by atoms with E-state index in [9.17, 15) is 15.4 Å². The van der Waals surface area contributed by atoms with Crippen LogP contribution >= 0.6 is 0 Å². The van der Waals surface area contributed by atoms with Gasteiger partial charge >= 0.3 is 6.09 Å². The summed E-state index contributed by atoms with van der Waals surface area (Å²) in [4.78, 5) is 16.2. The predicted octanol–water partition coefficient (Wildman–Crippen LogP) is 7.17. The van der Waals surface area contributed by atoms with Crippen molar-refractivity contribution in [1.29, 1.82) is 0 Å². The van der Waals surface area contributed by atoms with Gasteiger partial charge in [0.05, 0.1) is 45.1 Å². The fourth-order valence-corrected chi connectivity index (χ4v) is 5.35. The number of azide groups is 1. The molecule has 0 bridgehead atoms. The molecule has 0 radical (unpaired) electrons. The first-order valence-corrected chi connectivity index (χ1v) is 14.1. The Kier molecular flexibility index (Phi) is 9.90. The number of ether oxygens (including phenoxy) is 3. The van der Waals surface area contributed by atoms with Gasteiger partial charge in [0.15, 0.2) is 0 Å². The molecule has 0 aliphatic carbocycles. The number of fused-ring (bicyclic) bond motifs is 1. The molecule has 1 amide bonds. The van der Waals surface area contributed by atoms with Crippen molar-refractivity contribution in [2.45, 2.75) is 37.7 Å². The summed E-state index contributed by atoms with van der Waals surface area (Å²) >= 11 is 0. The highest BCUT2D eigenvalue weighted by molar-refractivity contribution is 5.82. The minimum atomic E-state index is -1.07. The van der Waals surface area contributed by atoms with Gasteiger partial charge in [-0.2, -0.15) is 0 Å². The summed E-state index contributed by atoms with van der Waals surface area (Å²) in [5.41, 5.74) is 12.3. The molecule has 3 atom stereocenters. The molecule has 9 nitrogen and oxygen atoms in total. The van der Waals surface area contributed by atoms with E-state index in [1.54, 1.807) is 0 Å². The van der Waals surface area contributed by atoms with Crippen molar-refractivity contribution in [3.8, 4) is 5.75 Å². The standard InChI is InChI=1S/C33H34N4O5/c34-36-35-30-20-37(33(38)39)21-31(42-23-25-11-12-26-9-4-5-10-28(26)19-25)32(30)27-13-15-29(16-14-27)41-18-6-17-40-22-24-7-2-1-3-8-24/h1-5,7-16,19,30-32H,6,17-18,20-23H2,(H,38,39). The lowest BCUT2D eigenvalue weighted by Gasteiger charge is -2.41. The maximum atomic E-state index is 11.9. The quantitative estimate of drug-likeness (QED) is 0.0844. The van der Waals surface area contributed by atoms with Crippen molar-refractivity contribution in [3.63, 3.8) is 0 Å². The lowest BCUT2D eigenvalue weighted by molar-refractivity contribution is -0.0261. The molecule has 5 rings (SSSR count). The van der Waals surface area contributed by atoms with Crippen molar-refractivity contribution in [3.05, 3.63) is 124 Å². The Bertz CT molecular complexity index is 1510. The van der Waals surface area contributed by atoms with Gasteiger partial charge in [-0.3, -0.25) is 0 Å². The summed E-state index contributed by atoms with van der Waals surface area (Å²) in [7, 11) is 0. The number of benzene rings is 4. The van der Waals surface area contributed by atoms with Crippen LogP contribution in [-0.4, -0.2) is 54.5 Å². The normalized spacial score (nSPS) is 18.4. The lowest BCUT2D eigenvalue weighted by atomic mass is 9.83. The monoisotopic (exact) mass is 566 g/mol. The Morgan fingerprint density at radius 3 is 2.40 bits per heavy atom. The maximum Gasteiger partial charge on any atom is 0.407 e. The third-order valence-electron chi connectivity index (χ3n) is 7.45. The number of hydrogen-bond acceptors (Lipinski definition) is 5. The van der Waals surface area contributed by atoms with Gasteiger partial charge in [-0.1, -0.05) is 84.0 Å². The summed E-state index contributed by atoms with van der Waals surface area (Å²) < 4.78 is 18.0. The number of amides is 1. The van der Waals surface area contributed by atoms with Crippen molar-refractivity contribution in [2.75, 3.05) is 26.3 Å². The van der Waals surface area contributed by atoms with E-state index >= 15 is 0 Å². The fraction of sp³-hybridized carbons (Fsp3) is 0.303. The first kappa shape index (κ1) is 29.0. The van der Waals surface area contributed by atoms with E-state index in [-0.39, 0.29) is 19.0 Å². The van der Waals surface area contributed by atoms with Crippen LogP contribution in [0.3, 0.4) is 0 Å². The second-order valence-electron chi connectivity index (χ2n) is 10.3. The van der Waals surface area contributed by atoms with Gasteiger partial charge in [-0.25, -0.2) is 4.79 Å². The molecule has 216 valence electrons. The largest absolute Gasteiger partial charge is 0.494 e. The van der Waals surface area contributed by atoms with Crippen molar-refractivity contribution < 1.29 is 24.1 Å². The molecule has 1 heterocycles. The highest BCUT2D eigenvalue weighted by Gasteiger charge is 2.40. The van der Waals surface area contributed by atoms with Crippen molar-refractivity contribution in [2.24, 2.45) is 5.11 Å². The number of piperidine rings is 1. The highest BCUT2D eigenvalue weighted by Crippen LogP contribution is 2.34. The fourth-order valence-electron chi connectivity index (χ4n) is 5.35. The molecule has 0 saturated carbocycles. The molecule has 4 aromatic rings. The zero-order valence-corrected chi connectivity index (χ0v) is 23.3. The topological polar surface area (TPSA) is 117 Å². The summed E-state index contributed by atoms with van der Waals surface area (Å²) in [6, 6.07) is 31.3. The first-order valence-electron chi connectivity index (χ1n) is 14.1. The van der Waals surface area contributed by atoms with Gasteiger partial charge in [0.1, 0.15) is 5.75 Å². The van der Waals surface area contributed by atoms with E-state index in [0.29, 0.717) is 26.4 Å². The van der Waals surface area contributed by atoms with Crippen LogP contribution in [0.25, 0.3) is 21.2 Å². The van der Waals surface area contributed by atoms with E-state index < -0.39 is 18.2 Å². The Morgan fingerprint density at radius 1 is 0.881 bits per heavy atom. The second kappa shape index (κ2) is 14.4. The Hall–Kier alpha value is -4.56. The van der Waals surface area contributed by atoms with Crippen LogP contribution in [0.5, 0.6) is 5.75 Å². The summed E-state index contributed by atoms with van der Waals surface area (Å²) in [6.07, 6.45) is -0.820. The van der Waals surface area contributed by atoms with Crippen molar-refractivity contribution >= 4 is 16.9 Å². The molecule has 3 unspecified atom stereocenters. The van der Waals surface area contributed by atoms with E-state index in [1.807, 2.05) is 84.9 Å². The third kappa shape index (κ3) is 7.59. The van der Waals surface area contributed by atoms with Crippen LogP contribution in [-0.2, 0) is 22.7 Å². The Balaban J connectivity index is 1.23. The smallest absolute Gasteiger partial charge is 0.407 e. The van der Waals surface area contributed by atoms with Crippen LogP contribution in [0.15, 0.2) is 102 Å². The molecule has 1 aliphatic rings. The number of likely N-dealkylation sites (tertiary alicyclic amines) is 1. The van der Waals surface area contributed by atoms with Crippen LogP contribution in [0.2, 0.25) is 0 Å². The molecule has 1 saturated heterocycles. The average molecular weight is 567 g/mol. The zero-order valence-electron chi connectivity index (χ0n) is 23.3. The second-order valence-corrected chi connectivity index (χ2v) is 10.3. The van der Waals surface area contributed by atoms with Gasteiger partial charge in [-0.15, -0.1) is 0 Å². The molecular weight excluding hydrogens is 532 g/mol. The molecule has 1 aliphatic heterocycles. The van der Waals surface area contributed by atoms with Crippen LogP contribution in [0.4, 0.5) is 4.79 Å². The number of rotatable bonds is 12. The highest BCUT2D eigenvalue weighted by atomic mass is 16.5. The van der Waals surface area contributed by atoms with Crippen LogP contribution in [0, 0.1) is 0 Å². The molecule has 0 aromatic heterocycles. The number of carbonyl (C=O) groups is 1. The van der Waals surface area contributed by atoms with Crippen molar-refractivity contribution in [1.82, 2.24) is 4.90 Å². The molecule has 9 heteroatoms. The van der Waals surface area contributed by atoms with Gasteiger partial charge < -0.3 is 24.2 Å². The number of nitrogens with zero attached hydrogens (tertiary/aromatic N) is 4. The molecular formula is C33H34N4O5. The maximum absolute atomic E-state index is 11.9. The lowest BCUT2D eigenvalue weighted by Crippen LogP contribution is -2.52. The number of carboxylic acid groups (broad SMARTS) is 1. The molecule has 42 heavy (non-hydrogen) atoms. The van der Waals surface area contributed by atoms with Gasteiger partial charge in [0.2, 0.25) is 0 Å². The Morgan fingerprint density at radius 2 is 1.64 bits per heavy atom. The minimum Gasteiger partial charge on any atom is -0.494 e. The SMILES string of the molecule is [N-]=[N+]=NC1CN(C(=O)O)CC(OCc2ccc3ccccc3c2)C1c1ccc(OCCCOCc2ccccc2)cc1. The van der Waals surface area contributed by atoms with E-state index in [0.717, 1.165) is 39.6 Å². The molecule has 1 N–H and O–H groups in total. The van der Waals surface area contributed by atoms with Crippen LogP contribution in [0.1, 0.15) is 29.0 Å². The van der Waals surface area contributed by atoms with E-state index in [1.165, 1.54) is 4.90 Å². The number of hydrogen-bond donors (Lipinski definition) is 1. The Labute approximate surface area is 244 Å². The van der Waals surface area contributed by atoms with Gasteiger partial charge in [0.25, 0.3) is 0 Å². The van der Waals surface area contributed by atoms with Gasteiger partial charge in [-0.05, 0) is 51.2 Å². The molecule has 0 spiro atoms. The molecule has 4 aromatic carbocycles. The minimum absolute atomic E-state index is 0.0983. The summed E-state index contributed by atoms with van der Waals surface area (Å²) in [6.45, 7) is 2.26. The average Bonchev–Trinajstić information content (AvgIpc) is 3.02. The summed E-state index contributed by atoms with van der Waals surface area (Å²) in [5, 5.41) is 16.0. The van der Waals surface area contributed by atoms with Gasteiger partial charge in [0, 0.05) is 23.8 Å². The van der Waals surface area contributed by atoms with Crippen LogP contribution < -0.4 is 4.74 Å². The molecule has 1 fully saturated rings. The summed E-state index contributed by atoms with van der Waals surface area (Å²) in [5.74, 6) is 0.399. The van der Waals surface area contributed by atoms with E-state index in [2.05, 4.69) is 22.2 Å². The zero-order chi connectivity index (χ0) is 29.1. The van der Waals surface area contributed by atoms with E-state index in [4.69, 9.17) is 14.2 Å². The predicted molar refractivity (Wildman–Crippen MR) is 160 cm³/mol.